The van der Waals surface area contributed by atoms with Gasteiger partial charge >= 0.3 is 0 Å². The van der Waals surface area contributed by atoms with Crippen LogP contribution in [0, 0.1) is 12.8 Å². The summed E-state index contributed by atoms with van der Waals surface area (Å²) >= 11 is 1.75. The fourth-order valence-electron chi connectivity index (χ4n) is 2.53. The maximum atomic E-state index is 4.29. The van der Waals surface area contributed by atoms with Crippen LogP contribution in [0.3, 0.4) is 0 Å². The normalized spacial score (nSPS) is 23.8. The van der Waals surface area contributed by atoms with Crippen LogP contribution in [0.4, 0.5) is 0 Å². The molecule has 2 rings (SSSR count). The Morgan fingerprint density at radius 3 is 3.12 bits per heavy atom. The molecular formula is C13H23N3S. The van der Waals surface area contributed by atoms with Crippen LogP contribution < -0.4 is 5.32 Å². The molecule has 0 saturated carbocycles. The van der Waals surface area contributed by atoms with E-state index in [9.17, 15) is 0 Å². The predicted octanol–water partition coefficient (Wildman–Crippen LogP) is 2.27. The second kappa shape index (κ2) is 5.94. The van der Waals surface area contributed by atoms with Gasteiger partial charge in [-0.3, -0.25) is 0 Å². The molecule has 17 heavy (non-hydrogen) atoms. The molecule has 0 aliphatic carbocycles. The molecule has 1 saturated heterocycles. The molecule has 3 nitrogen and oxygen atoms in total. The first kappa shape index (κ1) is 13.0. The van der Waals surface area contributed by atoms with E-state index in [1.54, 1.807) is 11.3 Å². The summed E-state index contributed by atoms with van der Waals surface area (Å²) in [6.45, 7) is 7.87. The van der Waals surface area contributed by atoms with Gasteiger partial charge in [0.15, 0.2) is 0 Å². The van der Waals surface area contributed by atoms with Crippen LogP contribution in [0.1, 0.15) is 30.3 Å². The lowest BCUT2D eigenvalue weighted by Gasteiger charge is -2.33. The Kier molecular flexibility index (Phi) is 4.54. The summed E-state index contributed by atoms with van der Waals surface area (Å²) in [6, 6.07) is 0.597. The molecule has 2 unspecified atom stereocenters. The molecule has 0 spiro atoms. The molecule has 96 valence electrons. The number of hydrogen-bond donors (Lipinski definition) is 1. The lowest BCUT2D eigenvalue weighted by atomic mass is 9.92. The van der Waals surface area contributed by atoms with E-state index < -0.39 is 0 Å². The van der Waals surface area contributed by atoms with Crippen LogP contribution in [-0.2, 0) is 6.54 Å². The SMILES string of the molecule is Cc1ncsc1CNC(C)C1CCCN(C)C1. The van der Waals surface area contributed by atoms with Crippen molar-refractivity contribution in [3.8, 4) is 0 Å². The topological polar surface area (TPSA) is 28.2 Å². The number of rotatable bonds is 4. The molecule has 1 fully saturated rings. The van der Waals surface area contributed by atoms with Crippen molar-refractivity contribution < 1.29 is 0 Å². The lowest BCUT2D eigenvalue weighted by molar-refractivity contribution is 0.178. The van der Waals surface area contributed by atoms with Crippen LogP contribution >= 0.6 is 11.3 Å². The molecule has 1 aliphatic rings. The van der Waals surface area contributed by atoms with Gasteiger partial charge in [-0.05, 0) is 46.2 Å². The molecule has 2 heterocycles. The zero-order chi connectivity index (χ0) is 12.3. The third-order valence-corrected chi connectivity index (χ3v) is 4.73. The number of thiazole rings is 1. The Bertz CT molecular complexity index is 350. The van der Waals surface area contributed by atoms with E-state index in [0.29, 0.717) is 6.04 Å². The van der Waals surface area contributed by atoms with Crippen molar-refractivity contribution in [2.24, 2.45) is 5.92 Å². The van der Waals surface area contributed by atoms with Crippen molar-refractivity contribution in [3.05, 3.63) is 16.1 Å². The van der Waals surface area contributed by atoms with Crippen LogP contribution in [-0.4, -0.2) is 36.1 Å². The minimum Gasteiger partial charge on any atom is -0.309 e. The van der Waals surface area contributed by atoms with Crippen LogP contribution in [0.25, 0.3) is 0 Å². The van der Waals surface area contributed by atoms with Crippen molar-refractivity contribution in [1.82, 2.24) is 15.2 Å². The first-order valence-electron chi connectivity index (χ1n) is 6.47. The van der Waals surface area contributed by atoms with E-state index in [-0.39, 0.29) is 0 Å². The van der Waals surface area contributed by atoms with E-state index >= 15 is 0 Å². The summed E-state index contributed by atoms with van der Waals surface area (Å²) in [5, 5.41) is 3.66. The lowest BCUT2D eigenvalue weighted by Crippen LogP contribution is -2.42. The van der Waals surface area contributed by atoms with Crippen LogP contribution in [0.2, 0.25) is 0 Å². The Morgan fingerprint density at radius 1 is 1.65 bits per heavy atom. The van der Waals surface area contributed by atoms with Gasteiger partial charge in [0, 0.05) is 24.0 Å². The zero-order valence-electron chi connectivity index (χ0n) is 11.1. The smallest absolute Gasteiger partial charge is 0.0798 e. The van der Waals surface area contributed by atoms with E-state index in [2.05, 4.69) is 36.1 Å². The summed E-state index contributed by atoms with van der Waals surface area (Å²) in [7, 11) is 2.23. The maximum absolute atomic E-state index is 4.29. The third-order valence-electron chi connectivity index (χ3n) is 3.80. The van der Waals surface area contributed by atoms with Crippen LogP contribution in [0.5, 0.6) is 0 Å². The number of piperidine rings is 1. The van der Waals surface area contributed by atoms with Gasteiger partial charge in [0.25, 0.3) is 0 Å². The number of hydrogen-bond acceptors (Lipinski definition) is 4. The minimum absolute atomic E-state index is 0.597. The van der Waals surface area contributed by atoms with Crippen LogP contribution in [0.15, 0.2) is 5.51 Å². The molecule has 0 amide bonds. The molecule has 1 aromatic rings. The van der Waals surface area contributed by atoms with Gasteiger partial charge in [-0.1, -0.05) is 0 Å². The van der Waals surface area contributed by atoms with Crippen molar-refractivity contribution >= 4 is 11.3 Å². The average molecular weight is 253 g/mol. The molecule has 0 radical (unpaired) electrons. The maximum Gasteiger partial charge on any atom is 0.0798 e. The molecule has 1 N–H and O–H groups in total. The molecule has 1 aromatic heterocycles. The van der Waals surface area contributed by atoms with E-state index in [1.165, 1.54) is 36.5 Å². The monoisotopic (exact) mass is 253 g/mol. The van der Waals surface area contributed by atoms with Gasteiger partial charge in [0.2, 0.25) is 0 Å². The Labute approximate surface area is 108 Å². The largest absolute Gasteiger partial charge is 0.309 e. The van der Waals surface area contributed by atoms with Gasteiger partial charge < -0.3 is 10.2 Å². The first-order chi connectivity index (χ1) is 8.16. The highest BCUT2D eigenvalue weighted by atomic mass is 32.1. The Balaban J connectivity index is 1.80. The second-order valence-electron chi connectivity index (χ2n) is 5.20. The number of aryl methyl sites for hydroxylation is 1. The number of likely N-dealkylation sites (tertiary alicyclic amines) is 1. The number of aromatic nitrogens is 1. The highest BCUT2D eigenvalue weighted by Crippen LogP contribution is 2.19. The molecule has 2 atom stereocenters. The summed E-state index contributed by atoms with van der Waals surface area (Å²) in [4.78, 5) is 8.11. The Morgan fingerprint density at radius 2 is 2.47 bits per heavy atom. The summed E-state index contributed by atoms with van der Waals surface area (Å²) in [5.74, 6) is 0.793. The third kappa shape index (κ3) is 3.50. The van der Waals surface area contributed by atoms with E-state index in [0.717, 1.165) is 12.5 Å². The quantitative estimate of drug-likeness (QED) is 0.892. The van der Waals surface area contributed by atoms with Crippen molar-refractivity contribution in [1.29, 1.82) is 0 Å². The fourth-order valence-corrected chi connectivity index (χ4v) is 3.26. The zero-order valence-corrected chi connectivity index (χ0v) is 11.9. The number of nitrogens with zero attached hydrogens (tertiary/aromatic N) is 2. The van der Waals surface area contributed by atoms with Gasteiger partial charge in [0.1, 0.15) is 0 Å². The Hall–Kier alpha value is -0.450. The molecule has 0 bridgehead atoms. The van der Waals surface area contributed by atoms with Crippen molar-refractivity contribution in [2.45, 2.75) is 39.3 Å². The average Bonchev–Trinajstić information content (AvgIpc) is 2.72. The van der Waals surface area contributed by atoms with E-state index in [1.807, 2.05) is 5.51 Å². The summed E-state index contributed by atoms with van der Waals surface area (Å²) in [5.41, 5.74) is 3.11. The van der Waals surface area contributed by atoms with Gasteiger partial charge in [-0.25, -0.2) is 4.98 Å². The fraction of sp³-hybridized carbons (Fsp3) is 0.769. The standard InChI is InChI=1S/C13H23N3S/c1-10(12-5-4-6-16(3)8-12)14-7-13-11(2)15-9-17-13/h9-10,12,14H,4-8H2,1-3H3. The predicted molar refractivity (Wildman–Crippen MR) is 73.4 cm³/mol. The highest BCUT2D eigenvalue weighted by molar-refractivity contribution is 7.09. The highest BCUT2D eigenvalue weighted by Gasteiger charge is 2.22. The van der Waals surface area contributed by atoms with E-state index in [4.69, 9.17) is 0 Å². The molecule has 1 aliphatic heterocycles. The number of nitrogens with one attached hydrogen (secondary N) is 1. The van der Waals surface area contributed by atoms with Crippen molar-refractivity contribution in [3.63, 3.8) is 0 Å². The molecular weight excluding hydrogens is 230 g/mol. The minimum atomic E-state index is 0.597. The first-order valence-corrected chi connectivity index (χ1v) is 7.35. The molecule has 4 heteroatoms. The summed E-state index contributed by atoms with van der Waals surface area (Å²) in [6.07, 6.45) is 2.70. The van der Waals surface area contributed by atoms with Gasteiger partial charge in [0.05, 0.1) is 11.2 Å². The van der Waals surface area contributed by atoms with Gasteiger partial charge in [-0.15, -0.1) is 11.3 Å². The van der Waals surface area contributed by atoms with Gasteiger partial charge in [-0.2, -0.15) is 0 Å². The summed E-state index contributed by atoms with van der Waals surface area (Å²) < 4.78 is 0. The second-order valence-corrected chi connectivity index (χ2v) is 6.13. The van der Waals surface area contributed by atoms with Crippen molar-refractivity contribution in [2.75, 3.05) is 20.1 Å². The molecule has 0 aromatic carbocycles.